The minimum absolute atomic E-state index is 0.0588. The summed E-state index contributed by atoms with van der Waals surface area (Å²) < 4.78 is 5.30. The van der Waals surface area contributed by atoms with E-state index in [4.69, 9.17) is 20.8 Å². The molecule has 0 radical (unpaired) electrons. The smallest absolute Gasteiger partial charge is 0.234 e. The first-order valence-corrected chi connectivity index (χ1v) is 7.36. The molecule has 0 heterocycles. The number of phenolic OH excluding ortho intramolecular Hbond substituents is 1. The van der Waals surface area contributed by atoms with Crippen molar-refractivity contribution in [2.45, 2.75) is 32.6 Å². The van der Waals surface area contributed by atoms with E-state index >= 15 is 0 Å². The molecule has 1 rings (SSSR count). The molecule has 0 aliphatic heterocycles. The number of hydrogen-bond acceptors (Lipinski definition) is 5. The number of nitrogens with zero attached hydrogens (tertiary/aromatic N) is 1. The molecule has 0 aliphatic carbocycles. The standard InChI is InChI=1S/C10H18N2O2.C6H7NO/c1-2-3-8-14-9-4-7-12-10(13)5-6-11;7-5-3-1-2-4-6(5)8/h2-5,7-9H2,1H3,(H,12,13);1-4,8H,7H2. The maximum Gasteiger partial charge on any atom is 0.234 e. The van der Waals surface area contributed by atoms with Crippen LogP contribution < -0.4 is 11.1 Å². The third-order valence-corrected chi connectivity index (χ3v) is 2.61. The predicted molar refractivity (Wildman–Crippen MR) is 86.1 cm³/mol. The molecule has 0 unspecified atom stereocenters. The van der Waals surface area contributed by atoms with Gasteiger partial charge in [0.1, 0.15) is 12.2 Å². The Morgan fingerprint density at radius 1 is 1.36 bits per heavy atom. The van der Waals surface area contributed by atoms with Crippen LogP contribution in [0.3, 0.4) is 0 Å². The van der Waals surface area contributed by atoms with Gasteiger partial charge in [0, 0.05) is 19.8 Å². The number of carbonyl (C=O) groups is 1. The second kappa shape index (κ2) is 13.7. The number of unbranched alkanes of at least 4 members (excludes halogenated alkanes) is 1. The molecule has 4 N–H and O–H groups in total. The molecule has 6 nitrogen and oxygen atoms in total. The van der Waals surface area contributed by atoms with E-state index in [1.54, 1.807) is 30.3 Å². The van der Waals surface area contributed by atoms with Gasteiger partial charge < -0.3 is 20.9 Å². The van der Waals surface area contributed by atoms with Gasteiger partial charge in [0.05, 0.1) is 11.8 Å². The normalized spacial score (nSPS) is 9.27. The van der Waals surface area contributed by atoms with Crippen molar-refractivity contribution in [1.82, 2.24) is 5.32 Å². The Kier molecular flexibility index (Phi) is 12.3. The highest BCUT2D eigenvalue weighted by atomic mass is 16.5. The lowest BCUT2D eigenvalue weighted by atomic mass is 10.3. The Morgan fingerprint density at radius 2 is 2.05 bits per heavy atom. The first-order chi connectivity index (χ1) is 10.6. The fourth-order valence-corrected chi connectivity index (χ4v) is 1.37. The molecule has 0 aliphatic rings. The largest absolute Gasteiger partial charge is 0.506 e. The first-order valence-electron chi connectivity index (χ1n) is 7.36. The molecule has 6 heteroatoms. The zero-order valence-corrected chi connectivity index (χ0v) is 13.0. The van der Waals surface area contributed by atoms with Crippen LogP contribution in [-0.2, 0) is 9.53 Å². The number of rotatable bonds is 8. The van der Waals surface area contributed by atoms with Gasteiger partial charge in [0.15, 0.2) is 0 Å². The molecular formula is C16H25N3O3. The van der Waals surface area contributed by atoms with Crippen molar-refractivity contribution < 1.29 is 14.6 Å². The summed E-state index contributed by atoms with van der Waals surface area (Å²) in [5.41, 5.74) is 5.69. The highest BCUT2D eigenvalue weighted by Crippen LogP contribution is 2.16. The van der Waals surface area contributed by atoms with E-state index in [2.05, 4.69) is 12.2 Å². The Morgan fingerprint density at radius 3 is 2.59 bits per heavy atom. The van der Waals surface area contributed by atoms with Crippen molar-refractivity contribution in [3.63, 3.8) is 0 Å². The van der Waals surface area contributed by atoms with Gasteiger partial charge in [0.2, 0.25) is 5.91 Å². The lowest BCUT2D eigenvalue weighted by molar-refractivity contribution is -0.120. The third-order valence-electron chi connectivity index (χ3n) is 2.61. The number of aromatic hydroxyl groups is 1. The minimum atomic E-state index is -0.207. The SMILES string of the molecule is CCCCOCCCNC(=O)CC#N.Nc1ccccc1O. The van der Waals surface area contributed by atoms with Crippen molar-refractivity contribution in [3.8, 4) is 11.8 Å². The number of anilines is 1. The summed E-state index contributed by atoms with van der Waals surface area (Å²) in [6, 6.07) is 8.49. The molecule has 0 aromatic heterocycles. The number of benzene rings is 1. The number of phenols is 1. The fraction of sp³-hybridized carbons (Fsp3) is 0.500. The van der Waals surface area contributed by atoms with Gasteiger partial charge in [-0.25, -0.2) is 0 Å². The van der Waals surface area contributed by atoms with E-state index in [1.165, 1.54) is 0 Å². The van der Waals surface area contributed by atoms with Crippen LogP contribution >= 0.6 is 0 Å². The minimum Gasteiger partial charge on any atom is -0.506 e. The van der Waals surface area contributed by atoms with E-state index in [-0.39, 0.29) is 18.1 Å². The van der Waals surface area contributed by atoms with Crippen molar-refractivity contribution >= 4 is 11.6 Å². The Balaban J connectivity index is 0.000000461. The maximum atomic E-state index is 10.8. The average molecular weight is 307 g/mol. The molecule has 1 aromatic carbocycles. The van der Waals surface area contributed by atoms with Crippen molar-refractivity contribution in [2.24, 2.45) is 0 Å². The number of carbonyl (C=O) groups excluding carboxylic acids is 1. The highest BCUT2D eigenvalue weighted by Gasteiger charge is 1.97. The second-order valence-electron chi connectivity index (χ2n) is 4.56. The molecule has 122 valence electrons. The zero-order valence-electron chi connectivity index (χ0n) is 13.0. The van der Waals surface area contributed by atoms with Crippen LogP contribution in [-0.4, -0.2) is 30.8 Å². The van der Waals surface area contributed by atoms with Gasteiger partial charge in [-0.05, 0) is 25.0 Å². The Hall–Kier alpha value is -2.26. The first kappa shape index (κ1) is 19.7. The van der Waals surface area contributed by atoms with Gasteiger partial charge in [-0.3, -0.25) is 4.79 Å². The summed E-state index contributed by atoms with van der Waals surface area (Å²) in [7, 11) is 0. The Bertz CT molecular complexity index is 437. The third kappa shape index (κ3) is 11.6. The molecular weight excluding hydrogens is 282 g/mol. The lowest BCUT2D eigenvalue weighted by Crippen LogP contribution is -2.24. The monoisotopic (exact) mass is 307 g/mol. The number of hydrogen-bond donors (Lipinski definition) is 3. The van der Waals surface area contributed by atoms with Gasteiger partial charge in [-0.2, -0.15) is 5.26 Å². The molecule has 0 bridgehead atoms. The summed E-state index contributed by atoms with van der Waals surface area (Å²) >= 11 is 0. The zero-order chi connectivity index (χ0) is 16.6. The highest BCUT2D eigenvalue weighted by molar-refractivity contribution is 5.77. The molecule has 0 atom stereocenters. The number of ether oxygens (including phenoxy) is 1. The maximum absolute atomic E-state index is 10.8. The molecule has 0 fully saturated rings. The van der Waals surface area contributed by atoms with Crippen molar-refractivity contribution in [1.29, 1.82) is 5.26 Å². The van der Waals surface area contributed by atoms with Crippen LogP contribution in [0.1, 0.15) is 32.6 Å². The van der Waals surface area contributed by atoms with E-state index in [0.29, 0.717) is 18.8 Å². The predicted octanol–water partition coefficient (Wildman–Crippen LogP) is 2.20. The topological polar surface area (TPSA) is 108 Å². The van der Waals surface area contributed by atoms with Gasteiger partial charge >= 0.3 is 0 Å². The quantitative estimate of drug-likeness (QED) is 0.387. The second-order valence-corrected chi connectivity index (χ2v) is 4.56. The lowest BCUT2D eigenvalue weighted by Gasteiger charge is -2.03. The van der Waals surface area contributed by atoms with Crippen LogP contribution in [0.4, 0.5) is 5.69 Å². The summed E-state index contributed by atoms with van der Waals surface area (Å²) in [6.07, 6.45) is 2.97. The van der Waals surface area contributed by atoms with Crippen LogP contribution in [0.25, 0.3) is 0 Å². The van der Waals surface area contributed by atoms with Gasteiger partial charge in [-0.15, -0.1) is 0 Å². The fourth-order valence-electron chi connectivity index (χ4n) is 1.37. The van der Waals surface area contributed by atoms with E-state index < -0.39 is 0 Å². The number of nitrogen functional groups attached to an aromatic ring is 1. The molecule has 1 amide bonds. The number of para-hydroxylation sites is 2. The van der Waals surface area contributed by atoms with Crippen LogP contribution in [0.5, 0.6) is 5.75 Å². The summed E-state index contributed by atoms with van der Waals surface area (Å²) in [5.74, 6) is -0.0615. The van der Waals surface area contributed by atoms with E-state index in [0.717, 1.165) is 25.9 Å². The van der Waals surface area contributed by atoms with Gasteiger partial charge in [0.25, 0.3) is 0 Å². The summed E-state index contributed by atoms with van der Waals surface area (Å²) in [4.78, 5) is 10.8. The Labute approximate surface area is 131 Å². The van der Waals surface area contributed by atoms with Crippen molar-refractivity contribution in [2.75, 3.05) is 25.5 Å². The summed E-state index contributed by atoms with van der Waals surface area (Å²) in [6.45, 7) is 4.17. The molecule has 0 saturated heterocycles. The van der Waals surface area contributed by atoms with Gasteiger partial charge in [-0.1, -0.05) is 25.5 Å². The van der Waals surface area contributed by atoms with E-state index in [9.17, 15) is 4.79 Å². The van der Waals surface area contributed by atoms with Crippen LogP contribution in [0.2, 0.25) is 0 Å². The average Bonchev–Trinajstić information content (AvgIpc) is 2.50. The molecule has 0 saturated carbocycles. The summed E-state index contributed by atoms with van der Waals surface area (Å²) in [5, 5.41) is 19.6. The van der Waals surface area contributed by atoms with Crippen molar-refractivity contribution in [3.05, 3.63) is 24.3 Å². The van der Waals surface area contributed by atoms with E-state index in [1.807, 2.05) is 0 Å². The van der Waals surface area contributed by atoms with Crippen LogP contribution in [0.15, 0.2) is 24.3 Å². The number of nitrogens with one attached hydrogen (secondary N) is 1. The molecule has 1 aromatic rings. The number of nitriles is 1. The van der Waals surface area contributed by atoms with Crippen LogP contribution in [0, 0.1) is 11.3 Å². The number of amides is 1. The molecule has 22 heavy (non-hydrogen) atoms. The number of nitrogens with two attached hydrogens (primary N) is 1. The molecule has 0 spiro atoms.